The van der Waals surface area contributed by atoms with Crippen molar-refractivity contribution in [1.29, 1.82) is 0 Å². The number of halogens is 2. The summed E-state index contributed by atoms with van der Waals surface area (Å²) in [6, 6.07) is 25.5. The fraction of sp³-hybridized carbons (Fsp3) is 0.240. The molecule has 0 spiro atoms. The molecule has 0 saturated carbocycles. The lowest BCUT2D eigenvalue weighted by molar-refractivity contribution is 0.0489. The van der Waals surface area contributed by atoms with E-state index in [4.69, 9.17) is 16.6 Å². The largest absolute Gasteiger partial charge is 0.378 e. The smallest absolute Gasteiger partial charge is 0.139 e. The van der Waals surface area contributed by atoms with E-state index in [-0.39, 0.29) is 16.0 Å². The SMILES string of the molecule is C[C@H]1[C@@H](C(O)(c2ccccc2)c2ccccc2)N=C2C(I)Cc3cc(Cl)ccc3N21. The summed E-state index contributed by atoms with van der Waals surface area (Å²) in [4.78, 5) is 7.47. The fourth-order valence-electron chi connectivity index (χ4n) is 4.81. The van der Waals surface area contributed by atoms with Gasteiger partial charge in [0.2, 0.25) is 0 Å². The molecule has 0 fully saturated rings. The lowest BCUT2D eigenvalue weighted by Crippen LogP contribution is -2.50. The number of hydrogen-bond donors (Lipinski definition) is 1. The fourth-order valence-corrected chi connectivity index (χ4v) is 5.94. The minimum atomic E-state index is -1.23. The average Bonchev–Trinajstić information content (AvgIpc) is 3.13. The maximum absolute atomic E-state index is 12.3. The van der Waals surface area contributed by atoms with Gasteiger partial charge in [-0.15, -0.1) is 0 Å². The van der Waals surface area contributed by atoms with Gasteiger partial charge in [-0.1, -0.05) is 94.9 Å². The van der Waals surface area contributed by atoms with E-state index in [0.29, 0.717) is 0 Å². The van der Waals surface area contributed by atoms with E-state index in [1.165, 1.54) is 5.56 Å². The quantitative estimate of drug-likeness (QED) is 0.354. The van der Waals surface area contributed by atoms with Gasteiger partial charge >= 0.3 is 0 Å². The Kier molecular flexibility index (Phi) is 5.12. The molecule has 0 aliphatic carbocycles. The minimum absolute atomic E-state index is 0.0112. The van der Waals surface area contributed by atoms with Gasteiger partial charge < -0.3 is 10.0 Å². The molecule has 5 heteroatoms. The first-order chi connectivity index (χ1) is 14.5. The third kappa shape index (κ3) is 3.08. The van der Waals surface area contributed by atoms with E-state index in [1.54, 1.807) is 0 Å². The Morgan fingerprint density at radius 1 is 1.00 bits per heavy atom. The molecule has 0 bridgehead atoms. The second kappa shape index (κ2) is 7.66. The molecule has 2 aliphatic heterocycles. The second-order valence-corrected chi connectivity index (χ2v) is 9.93. The number of anilines is 1. The van der Waals surface area contributed by atoms with Crippen molar-refractivity contribution in [2.24, 2.45) is 4.99 Å². The van der Waals surface area contributed by atoms with Crippen molar-refractivity contribution in [3.05, 3.63) is 101 Å². The van der Waals surface area contributed by atoms with E-state index in [1.807, 2.05) is 66.7 Å². The Hall–Kier alpha value is -1.89. The standard InChI is InChI=1S/C25H22ClIN2O/c1-16-23(25(30,18-8-4-2-5-9-18)19-10-6-3-7-11-19)28-24-21(27)15-17-14-20(26)12-13-22(17)29(16)24/h2-14,16,21,23,30H,15H2,1H3/t16-,21?,23-/m0/s1. The molecule has 3 aromatic rings. The van der Waals surface area contributed by atoms with Crippen LogP contribution in [0.3, 0.4) is 0 Å². The normalized spacial score (nSPS) is 23.0. The summed E-state index contributed by atoms with van der Waals surface area (Å²) in [5.41, 5.74) is 2.87. The Morgan fingerprint density at radius 3 is 2.20 bits per heavy atom. The van der Waals surface area contributed by atoms with Crippen LogP contribution in [0.15, 0.2) is 83.9 Å². The molecule has 0 aromatic heterocycles. The van der Waals surface area contributed by atoms with Crippen molar-refractivity contribution in [1.82, 2.24) is 0 Å². The minimum Gasteiger partial charge on any atom is -0.378 e. The maximum Gasteiger partial charge on any atom is 0.139 e. The van der Waals surface area contributed by atoms with Crippen molar-refractivity contribution in [2.45, 2.75) is 35.0 Å². The van der Waals surface area contributed by atoms with Crippen LogP contribution < -0.4 is 4.90 Å². The Morgan fingerprint density at radius 2 is 1.60 bits per heavy atom. The molecule has 152 valence electrons. The number of nitrogens with zero attached hydrogens (tertiary/aromatic N) is 2. The number of aliphatic imine (C=N–C) groups is 1. The predicted molar refractivity (Wildman–Crippen MR) is 132 cm³/mol. The van der Waals surface area contributed by atoms with Crippen LogP contribution in [-0.4, -0.2) is 27.0 Å². The monoisotopic (exact) mass is 528 g/mol. The highest BCUT2D eigenvalue weighted by atomic mass is 127. The summed E-state index contributed by atoms with van der Waals surface area (Å²) in [5.74, 6) is 1.04. The molecule has 30 heavy (non-hydrogen) atoms. The molecule has 1 unspecified atom stereocenters. The summed E-state index contributed by atoms with van der Waals surface area (Å²) in [7, 11) is 0. The number of alkyl halides is 1. The number of rotatable bonds is 3. The number of benzene rings is 3. The van der Waals surface area contributed by atoms with Crippen LogP contribution in [0.1, 0.15) is 23.6 Å². The molecule has 0 saturated heterocycles. The summed E-state index contributed by atoms with van der Waals surface area (Å²) in [5, 5.41) is 13.0. The zero-order valence-corrected chi connectivity index (χ0v) is 19.5. The molecule has 2 aliphatic rings. The van der Waals surface area contributed by atoms with E-state index in [0.717, 1.165) is 34.1 Å². The van der Waals surface area contributed by atoms with Crippen molar-refractivity contribution >= 4 is 45.7 Å². The maximum atomic E-state index is 12.3. The van der Waals surface area contributed by atoms with Crippen LogP contribution in [0.4, 0.5) is 5.69 Å². The van der Waals surface area contributed by atoms with Crippen molar-refractivity contribution in [2.75, 3.05) is 4.90 Å². The summed E-state index contributed by atoms with van der Waals surface area (Å²) in [6.45, 7) is 2.16. The van der Waals surface area contributed by atoms with E-state index >= 15 is 0 Å². The lowest BCUT2D eigenvalue weighted by atomic mass is 9.78. The Bertz CT molecular complexity index is 1060. The van der Waals surface area contributed by atoms with Crippen molar-refractivity contribution in [3.8, 4) is 0 Å². The first-order valence-electron chi connectivity index (χ1n) is 10.1. The Balaban J connectivity index is 1.67. The van der Waals surface area contributed by atoms with E-state index in [9.17, 15) is 5.11 Å². The molecule has 3 atom stereocenters. The summed E-state index contributed by atoms with van der Waals surface area (Å²) >= 11 is 8.74. The molecular formula is C25H22ClIN2O. The van der Waals surface area contributed by atoms with Gasteiger partial charge in [-0.3, -0.25) is 4.99 Å². The van der Waals surface area contributed by atoms with Crippen molar-refractivity contribution < 1.29 is 5.11 Å². The Labute approximate surface area is 195 Å². The van der Waals surface area contributed by atoms with Crippen LogP contribution in [0.2, 0.25) is 5.02 Å². The molecule has 2 heterocycles. The number of aliphatic hydroxyl groups is 1. The number of hydrogen-bond acceptors (Lipinski definition) is 3. The van der Waals surface area contributed by atoms with Crippen LogP contribution in [0, 0.1) is 0 Å². The number of amidine groups is 1. The van der Waals surface area contributed by atoms with Crippen LogP contribution in [-0.2, 0) is 12.0 Å². The van der Waals surface area contributed by atoms with Gasteiger partial charge in [0.15, 0.2) is 0 Å². The lowest BCUT2D eigenvalue weighted by Gasteiger charge is -2.39. The van der Waals surface area contributed by atoms with Gasteiger partial charge in [0, 0.05) is 10.7 Å². The second-order valence-electron chi connectivity index (χ2n) is 7.99. The average molecular weight is 529 g/mol. The predicted octanol–water partition coefficient (Wildman–Crippen LogP) is 5.61. The molecule has 0 radical (unpaired) electrons. The highest BCUT2D eigenvalue weighted by Gasteiger charge is 2.51. The number of fused-ring (bicyclic) bond motifs is 3. The third-order valence-corrected chi connectivity index (χ3v) is 7.45. The van der Waals surface area contributed by atoms with Crippen LogP contribution in [0.5, 0.6) is 0 Å². The highest BCUT2D eigenvalue weighted by Crippen LogP contribution is 2.45. The van der Waals surface area contributed by atoms with Crippen molar-refractivity contribution in [3.63, 3.8) is 0 Å². The third-order valence-electron chi connectivity index (χ3n) is 6.22. The molecule has 0 amide bonds. The van der Waals surface area contributed by atoms with Gasteiger partial charge in [-0.25, -0.2) is 0 Å². The first kappa shape index (κ1) is 20.0. The zero-order valence-electron chi connectivity index (χ0n) is 16.5. The molecule has 3 aromatic carbocycles. The molecular weight excluding hydrogens is 507 g/mol. The van der Waals surface area contributed by atoms with Gasteiger partial charge in [-0.2, -0.15) is 0 Å². The van der Waals surface area contributed by atoms with Gasteiger partial charge in [-0.05, 0) is 48.2 Å². The summed E-state index contributed by atoms with van der Waals surface area (Å²) < 4.78 is 0.233. The first-order valence-corrected chi connectivity index (χ1v) is 11.8. The van der Waals surface area contributed by atoms with Gasteiger partial charge in [0.25, 0.3) is 0 Å². The summed E-state index contributed by atoms with van der Waals surface area (Å²) in [6.07, 6.45) is 0.889. The molecule has 3 nitrogen and oxygen atoms in total. The highest BCUT2D eigenvalue weighted by molar-refractivity contribution is 14.1. The molecule has 5 rings (SSSR count). The zero-order chi connectivity index (χ0) is 20.9. The van der Waals surface area contributed by atoms with Crippen LogP contribution >= 0.6 is 34.2 Å². The van der Waals surface area contributed by atoms with Gasteiger partial charge in [0.1, 0.15) is 17.5 Å². The van der Waals surface area contributed by atoms with Gasteiger partial charge in [0.05, 0.1) is 9.97 Å². The van der Waals surface area contributed by atoms with E-state index < -0.39 is 5.60 Å². The molecule has 1 N–H and O–H groups in total. The van der Waals surface area contributed by atoms with E-state index in [2.05, 4.69) is 46.5 Å². The van der Waals surface area contributed by atoms with Crippen LogP contribution in [0.25, 0.3) is 0 Å². The topological polar surface area (TPSA) is 35.8 Å².